The van der Waals surface area contributed by atoms with Gasteiger partial charge in [-0.15, -0.1) is 11.3 Å². The summed E-state index contributed by atoms with van der Waals surface area (Å²) < 4.78 is 2.01. The topological polar surface area (TPSA) is 79.8 Å². The fourth-order valence-electron chi connectivity index (χ4n) is 2.74. The predicted molar refractivity (Wildman–Crippen MR) is 114 cm³/mol. The van der Waals surface area contributed by atoms with E-state index in [0.29, 0.717) is 20.0 Å². The first-order valence-electron chi connectivity index (χ1n) is 8.25. The van der Waals surface area contributed by atoms with Gasteiger partial charge in [-0.1, -0.05) is 35.9 Å². The van der Waals surface area contributed by atoms with E-state index >= 15 is 0 Å². The maximum atomic E-state index is 12.6. The van der Waals surface area contributed by atoms with Gasteiger partial charge in [-0.05, 0) is 36.5 Å². The number of carbonyl (C=O) groups is 1. The van der Waals surface area contributed by atoms with Gasteiger partial charge < -0.3 is 4.98 Å². The van der Waals surface area contributed by atoms with Crippen LogP contribution >= 0.6 is 35.2 Å². The van der Waals surface area contributed by atoms with Crippen molar-refractivity contribution in [2.45, 2.75) is 6.42 Å². The van der Waals surface area contributed by atoms with Crippen molar-refractivity contribution in [3.63, 3.8) is 0 Å². The van der Waals surface area contributed by atoms with Gasteiger partial charge in [0.15, 0.2) is 3.95 Å². The summed E-state index contributed by atoms with van der Waals surface area (Å²) >= 11 is 12.6. The van der Waals surface area contributed by atoms with Crippen LogP contribution in [0, 0.1) is 3.95 Å². The van der Waals surface area contributed by atoms with E-state index in [1.165, 1.54) is 16.0 Å². The number of aromatic nitrogens is 3. The van der Waals surface area contributed by atoms with Gasteiger partial charge in [0.2, 0.25) is 5.91 Å². The molecule has 0 aliphatic carbocycles. The fourth-order valence-corrected chi connectivity index (χ4v) is 3.85. The minimum atomic E-state index is -0.391. The molecule has 0 unspecified atom stereocenters. The van der Waals surface area contributed by atoms with Crippen molar-refractivity contribution in [3.8, 4) is 11.3 Å². The van der Waals surface area contributed by atoms with Gasteiger partial charge in [-0.3, -0.25) is 15.0 Å². The van der Waals surface area contributed by atoms with Crippen LogP contribution in [-0.4, -0.2) is 20.6 Å². The highest BCUT2D eigenvalue weighted by Crippen LogP contribution is 2.24. The van der Waals surface area contributed by atoms with Crippen LogP contribution in [0.4, 0.5) is 0 Å². The highest BCUT2D eigenvalue weighted by Gasteiger charge is 2.14. The number of nitrogens with zero attached hydrogens (tertiary/aromatic N) is 2. The van der Waals surface area contributed by atoms with Gasteiger partial charge >= 0.3 is 0 Å². The maximum Gasteiger partial charge on any atom is 0.270 e. The molecular formula is C19H13ClN4O2S2. The van der Waals surface area contributed by atoms with E-state index in [-0.39, 0.29) is 17.7 Å². The highest BCUT2D eigenvalue weighted by molar-refractivity contribution is 7.73. The molecule has 0 fully saturated rings. The van der Waals surface area contributed by atoms with Gasteiger partial charge in [0, 0.05) is 16.0 Å². The largest absolute Gasteiger partial charge is 0.319 e. The van der Waals surface area contributed by atoms with Crippen LogP contribution in [-0.2, 0) is 11.2 Å². The molecular weight excluding hydrogens is 416 g/mol. The van der Waals surface area contributed by atoms with Crippen LogP contribution < -0.4 is 11.0 Å². The Kier molecular flexibility index (Phi) is 5.08. The first-order chi connectivity index (χ1) is 13.5. The van der Waals surface area contributed by atoms with Crippen LogP contribution in [0.3, 0.4) is 0 Å². The van der Waals surface area contributed by atoms with E-state index in [1.54, 1.807) is 24.3 Å². The molecule has 28 heavy (non-hydrogen) atoms. The van der Waals surface area contributed by atoms with E-state index in [1.807, 2.05) is 29.6 Å². The van der Waals surface area contributed by atoms with E-state index in [9.17, 15) is 9.59 Å². The lowest BCUT2D eigenvalue weighted by Gasteiger charge is -2.10. The summed E-state index contributed by atoms with van der Waals surface area (Å²) in [7, 11) is 0. The summed E-state index contributed by atoms with van der Waals surface area (Å²) in [4.78, 5) is 31.8. The average molecular weight is 429 g/mol. The number of fused-ring (bicyclic) bond motifs is 1. The van der Waals surface area contributed by atoms with Crippen molar-refractivity contribution < 1.29 is 4.79 Å². The third-order valence-corrected chi connectivity index (χ3v) is 5.52. The van der Waals surface area contributed by atoms with Crippen LogP contribution in [0.1, 0.15) is 5.69 Å². The van der Waals surface area contributed by atoms with Crippen LogP contribution in [0.5, 0.6) is 0 Å². The van der Waals surface area contributed by atoms with Gasteiger partial charge in [0.1, 0.15) is 5.69 Å². The minimum Gasteiger partial charge on any atom is -0.319 e. The zero-order chi connectivity index (χ0) is 19.7. The summed E-state index contributed by atoms with van der Waals surface area (Å²) in [5.74, 6) is -0.391. The molecule has 2 aromatic carbocycles. The number of amides is 1. The van der Waals surface area contributed by atoms with Crippen LogP contribution in [0.2, 0.25) is 5.02 Å². The van der Waals surface area contributed by atoms with Crippen molar-refractivity contribution >= 4 is 52.1 Å². The lowest BCUT2D eigenvalue weighted by atomic mass is 10.2. The van der Waals surface area contributed by atoms with Gasteiger partial charge in [-0.25, -0.2) is 9.66 Å². The Labute approximate surface area is 173 Å². The van der Waals surface area contributed by atoms with Crippen molar-refractivity contribution in [2.75, 3.05) is 5.43 Å². The monoisotopic (exact) mass is 428 g/mol. The predicted octanol–water partition coefficient (Wildman–Crippen LogP) is 4.15. The molecule has 0 saturated carbocycles. The average Bonchev–Trinajstić information content (AvgIpc) is 3.03. The standard InChI is InChI=1S/C19H13ClN4O2S2/c20-12-7-5-11(6-8-12)16-10-28-19(27)24(16)23-17(25)9-15-18(26)22-14-4-2-1-3-13(14)21-15/h1-8,10H,9H2,(H,22,26)(H,23,25). The Balaban J connectivity index is 1.61. The van der Waals surface area contributed by atoms with Crippen LogP contribution in [0.25, 0.3) is 22.3 Å². The molecule has 0 aliphatic heterocycles. The number of nitrogens with one attached hydrogen (secondary N) is 2. The molecule has 2 aromatic heterocycles. The molecule has 6 nitrogen and oxygen atoms in total. The van der Waals surface area contributed by atoms with Crippen molar-refractivity contribution in [3.05, 3.63) is 78.9 Å². The molecule has 2 N–H and O–H groups in total. The SMILES string of the molecule is O=C(Cc1nc2ccccc2[nH]c1=O)Nn1c(-c2ccc(Cl)cc2)csc1=S. The Morgan fingerprint density at radius 1 is 1.21 bits per heavy atom. The Morgan fingerprint density at radius 2 is 1.96 bits per heavy atom. The van der Waals surface area contributed by atoms with E-state index < -0.39 is 5.91 Å². The molecule has 0 spiro atoms. The quantitative estimate of drug-likeness (QED) is 0.478. The summed E-state index contributed by atoms with van der Waals surface area (Å²) in [6.45, 7) is 0. The molecule has 2 heterocycles. The fraction of sp³-hybridized carbons (Fsp3) is 0.0526. The molecule has 0 aliphatic rings. The van der Waals surface area contributed by atoms with Gasteiger partial charge in [0.25, 0.3) is 5.56 Å². The van der Waals surface area contributed by atoms with Crippen LogP contribution in [0.15, 0.2) is 58.7 Å². The number of hydrogen-bond acceptors (Lipinski definition) is 5. The Hall–Kier alpha value is -2.81. The number of aromatic amines is 1. The molecule has 140 valence electrons. The van der Waals surface area contributed by atoms with Gasteiger partial charge in [-0.2, -0.15) is 0 Å². The number of carbonyl (C=O) groups excluding carboxylic acids is 1. The zero-order valence-electron chi connectivity index (χ0n) is 14.3. The third-order valence-electron chi connectivity index (χ3n) is 4.07. The van der Waals surface area contributed by atoms with Gasteiger partial charge in [0.05, 0.1) is 23.1 Å². The first-order valence-corrected chi connectivity index (χ1v) is 9.92. The zero-order valence-corrected chi connectivity index (χ0v) is 16.7. The highest BCUT2D eigenvalue weighted by atomic mass is 35.5. The first kappa shape index (κ1) is 18.5. The molecule has 4 rings (SSSR count). The number of H-pyrrole nitrogens is 1. The normalized spacial score (nSPS) is 10.9. The van der Waals surface area contributed by atoms with E-state index in [4.69, 9.17) is 23.8 Å². The Bertz CT molecular complexity index is 1290. The number of halogens is 1. The van der Waals surface area contributed by atoms with E-state index in [0.717, 1.165) is 11.3 Å². The number of rotatable bonds is 4. The maximum absolute atomic E-state index is 12.6. The lowest BCUT2D eigenvalue weighted by molar-refractivity contribution is -0.116. The summed E-state index contributed by atoms with van der Waals surface area (Å²) in [5.41, 5.74) is 5.36. The summed E-state index contributed by atoms with van der Waals surface area (Å²) in [6.07, 6.45) is -0.169. The Morgan fingerprint density at radius 3 is 2.75 bits per heavy atom. The molecule has 0 atom stereocenters. The van der Waals surface area contributed by atoms with Crippen molar-refractivity contribution in [1.82, 2.24) is 14.6 Å². The molecule has 4 aromatic rings. The second kappa shape index (κ2) is 7.67. The molecule has 0 saturated heterocycles. The lowest BCUT2D eigenvalue weighted by Crippen LogP contribution is -2.28. The minimum absolute atomic E-state index is 0.144. The summed E-state index contributed by atoms with van der Waals surface area (Å²) in [5, 5.41) is 2.47. The molecule has 0 bridgehead atoms. The van der Waals surface area contributed by atoms with Crippen molar-refractivity contribution in [1.29, 1.82) is 0 Å². The summed E-state index contributed by atoms with van der Waals surface area (Å²) in [6, 6.07) is 14.4. The molecule has 1 amide bonds. The van der Waals surface area contributed by atoms with E-state index in [2.05, 4.69) is 15.4 Å². The number of benzene rings is 2. The number of hydrogen-bond donors (Lipinski definition) is 2. The van der Waals surface area contributed by atoms with Crippen molar-refractivity contribution in [2.24, 2.45) is 0 Å². The second-order valence-electron chi connectivity index (χ2n) is 5.97. The third kappa shape index (κ3) is 3.75. The number of para-hydroxylation sites is 2. The molecule has 0 radical (unpaired) electrons. The number of thiazole rings is 1. The smallest absolute Gasteiger partial charge is 0.270 e. The second-order valence-corrected chi connectivity index (χ2v) is 7.91. The molecule has 9 heteroatoms.